The molecule has 0 radical (unpaired) electrons. The molecule has 0 spiro atoms. The monoisotopic (exact) mass is 296 g/mol. The van der Waals surface area contributed by atoms with Gasteiger partial charge in [0.15, 0.2) is 0 Å². The summed E-state index contributed by atoms with van der Waals surface area (Å²) in [6.07, 6.45) is 2.86. The molecule has 0 bridgehead atoms. The van der Waals surface area contributed by atoms with Crippen LogP contribution in [0.5, 0.6) is 0 Å². The number of halogens is 1. The quantitative estimate of drug-likeness (QED) is 0.692. The van der Waals surface area contributed by atoms with Crippen LogP contribution >= 0.6 is 11.6 Å². The smallest absolute Gasteiger partial charge is 0.0703 e. The Morgan fingerprint density at radius 2 is 1.95 bits per heavy atom. The number of fused-ring (bicyclic) bond motifs is 1. The van der Waals surface area contributed by atoms with Crippen molar-refractivity contribution in [3.63, 3.8) is 0 Å². The Kier molecular flexibility index (Phi) is 4.07. The number of anilines is 1. The highest BCUT2D eigenvalue weighted by Crippen LogP contribution is 2.25. The molecule has 0 aliphatic carbocycles. The van der Waals surface area contributed by atoms with Gasteiger partial charge in [0.1, 0.15) is 0 Å². The minimum atomic E-state index is 0.228. The summed E-state index contributed by atoms with van der Waals surface area (Å²) < 4.78 is 0. The van der Waals surface area contributed by atoms with E-state index in [1.807, 2.05) is 42.6 Å². The molecule has 0 amide bonds. The number of pyridine rings is 1. The summed E-state index contributed by atoms with van der Waals surface area (Å²) in [4.78, 5) is 4.49. The van der Waals surface area contributed by atoms with E-state index in [1.165, 1.54) is 5.56 Å². The van der Waals surface area contributed by atoms with Crippen LogP contribution in [0.2, 0.25) is 5.02 Å². The molecule has 3 aromatic rings. The zero-order valence-corrected chi connectivity index (χ0v) is 12.6. The van der Waals surface area contributed by atoms with Crippen LogP contribution in [0.15, 0.2) is 60.8 Å². The topological polar surface area (TPSA) is 24.9 Å². The first-order chi connectivity index (χ1) is 10.3. The molecule has 106 valence electrons. The molecule has 1 heterocycles. The maximum Gasteiger partial charge on any atom is 0.0703 e. The van der Waals surface area contributed by atoms with E-state index in [0.717, 1.165) is 28.0 Å². The van der Waals surface area contributed by atoms with E-state index < -0.39 is 0 Å². The third-order valence-corrected chi connectivity index (χ3v) is 3.83. The number of para-hydroxylation sites is 1. The lowest BCUT2D eigenvalue weighted by molar-refractivity contribution is 0.749. The maximum absolute atomic E-state index is 6.09. The number of nitrogens with one attached hydrogen (secondary N) is 1. The molecule has 3 rings (SSSR count). The normalized spacial score (nSPS) is 12.3. The van der Waals surface area contributed by atoms with Crippen molar-refractivity contribution >= 4 is 28.2 Å². The zero-order chi connectivity index (χ0) is 14.7. The molecule has 2 nitrogen and oxygen atoms in total. The van der Waals surface area contributed by atoms with Crippen molar-refractivity contribution in [3.8, 4) is 0 Å². The minimum Gasteiger partial charge on any atom is -0.377 e. The highest BCUT2D eigenvalue weighted by molar-refractivity contribution is 6.30. The van der Waals surface area contributed by atoms with Gasteiger partial charge in [-0.25, -0.2) is 0 Å². The van der Waals surface area contributed by atoms with E-state index in [0.29, 0.717) is 0 Å². The molecular weight excluding hydrogens is 280 g/mol. The van der Waals surface area contributed by atoms with Gasteiger partial charge in [-0.15, -0.1) is 0 Å². The lowest BCUT2D eigenvalue weighted by Gasteiger charge is -2.19. The van der Waals surface area contributed by atoms with Gasteiger partial charge < -0.3 is 5.32 Å². The molecule has 0 saturated carbocycles. The van der Waals surface area contributed by atoms with Crippen molar-refractivity contribution in [2.24, 2.45) is 0 Å². The summed E-state index contributed by atoms with van der Waals surface area (Å²) in [7, 11) is 0. The molecule has 1 atom stereocenters. The summed E-state index contributed by atoms with van der Waals surface area (Å²) in [5, 5.41) is 5.45. The van der Waals surface area contributed by atoms with Crippen molar-refractivity contribution in [2.75, 3.05) is 5.32 Å². The highest BCUT2D eigenvalue weighted by atomic mass is 35.5. The van der Waals surface area contributed by atoms with Gasteiger partial charge in [-0.05, 0) is 36.2 Å². The van der Waals surface area contributed by atoms with Crippen molar-refractivity contribution in [3.05, 3.63) is 71.4 Å². The molecule has 0 fully saturated rings. The molecule has 21 heavy (non-hydrogen) atoms. The number of rotatable bonds is 4. The molecular formula is C18H17ClN2. The van der Waals surface area contributed by atoms with Crippen molar-refractivity contribution in [2.45, 2.75) is 19.4 Å². The number of benzene rings is 2. The summed E-state index contributed by atoms with van der Waals surface area (Å²) in [5.41, 5.74) is 3.23. The van der Waals surface area contributed by atoms with Crippen molar-refractivity contribution in [1.82, 2.24) is 4.98 Å². The lowest BCUT2D eigenvalue weighted by atomic mass is 10.0. The molecule has 1 aromatic heterocycles. The third kappa shape index (κ3) is 3.17. The fourth-order valence-corrected chi connectivity index (χ4v) is 2.69. The van der Waals surface area contributed by atoms with Crippen LogP contribution in [0.1, 0.15) is 24.9 Å². The zero-order valence-electron chi connectivity index (χ0n) is 11.9. The summed E-state index contributed by atoms with van der Waals surface area (Å²) in [5.74, 6) is 0. The van der Waals surface area contributed by atoms with Gasteiger partial charge in [-0.1, -0.05) is 48.9 Å². The van der Waals surface area contributed by atoms with E-state index >= 15 is 0 Å². The van der Waals surface area contributed by atoms with E-state index in [-0.39, 0.29) is 6.04 Å². The van der Waals surface area contributed by atoms with Gasteiger partial charge >= 0.3 is 0 Å². The van der Waals surface area contributed by atoms with Crippen LogP contribution in [-0.2, 0) is 0 Å². The second-order valence-corrected chi connectivity index (χ2v) is 5.51. The van der Waals surface area contributed by atoms with E-state index in [4.69, 9.17) is 11.6 Å². The maximum atomic E-state index is 6.09. The van der Waals surface area contributed by atoms with Gasteiger partial charge in [-0.2, -0.15) is 0 Å². The second-order valence-electron chi connectivity index (χ2n) is 5.08. The van der Waals surface area contributed by atoms with E-state index in [9.17, 15) is 0 Å². The highest BCUT2D eigenvalue weighted by Gasteiger charge is 2.10. The van der Waals surface area contributed by atoms with Gasteiger partial charge in [0, 0.05) is 10.4 Å². The predicted molar refractivity (Wildman–Crippen MR) is 89.8 cm³/mol. The van der Waals surface area contributed by atoms with Gasteiger partial charge in [0.2, 0.25) is 0 Å². The Morgan fingerprint density at radius 1 is 1.10 bits per heavy atom. The lowest BCUT2D eigenvalue weighted by Crippen LogP contribution is -2.09. The van der Waals surface area contributed by atoms with Crippen LogP contribution in [0.25, 0.3) is 10.9 Å². The van der Waals surface area contributed by atoms with Crippen molar-refractivity contribution in [1.29, 1.82) is 0 Å². The standard InChI is InChI=1S/C18H17ClN2/c1-2-17(13-7-5-8-15(19)10-13)21-16-11-14-6-3-4-9-18(14)20-12-16/h3-12,17,21H,2H2,1H3. The van der Waals surface area contributed by atoms with Crippen LogP contribution in [-0.4, -0.2) is 4.98 Å². The fraction of sp³-hybridized carbons (Fsp3) is 0.167. The van der Waals surface area contributed by atoms with Crippen LogP contribution in [0, 0.1) is 0 Å². The molecule has 0 aliphatic rings. The predicted octanol–water partition coefficient (Wildman–Crippen LogP) is 5.45. The first-order valence-electron chi connectivity index (χ1n) is 7.13. The van der Waals surface area contributed by atoms with Gasteiger partial charge in [0.25, 0.3) is 0 Å². The minimum absolute atomic E-state index is 0.228. The van der Waals surface area contributed by atoms with Gasteiger partial charge in [0.05, 0.1) is 23.4 Å². The first kappa shape index (κ1) is 13.9. The Hall–Kier alpha value is -2.06. The Balaban J connectivity index is 1.88. The molecule has 1 unspecified atom stereocenters. The molecule has 0 aliphatic heterocycles. The van der Waals surface area contributed by atoms with Crippen LogP contribution in [0.3, 0.4) is 0 Å². The molecule has 0 saturated heterocycles. The Morgan fingerprint density at radius 3 is 2.76 bits per heavy atom. The van der Waals surface area contributed by atoms with Gasteiger partial charge in [-0.3, -0.25) is 4.98 Å². The Labute approximate surface area is 129 Å². The summed E-state index contributed by atoms with van der Waals surface area (Å²) in [6, 6.07) is 18.5. The van der Waals surface area contributed by atoms with Crippen LogP contribution in [0.4, 0.5) is 5.69 Å². The first-order valence-corrected chi connectivity index (χ1v) is 7.51. The van der Waals surface area contributed by atoms with Crippen LogP contribution < -0.4 is 5.32 Å². The third-order valence-electron chi connectivity index (χ3n) is 3.59. The molecule has 2 aromatic carbocycles. The number of hydrogen-bond acceptors (Lipinski definition) is 2. The summed E-state index contributed by atoms with van der Waals surface area (Å²) >= 11 is 6.09. The average molecular weight is 297 g/mol. The number of nitrogens with zero attached hydrogens (tertiary/aromatic N) is 1. The largest absolute Gasteiger partial charge is 0.377 e. The van der Waals surface area contributed by atoms with Crippen molar-refractivity contribution < 1.29 is 0 Å². The fourth-order valence-electron chi connectivity index (χ4n) is 2.50. The molecule has 3 heteroatoms. The second kappa shape index (κ2) is 6.15. The number of hydrogen-bond donors (Lipinski definition) is 1. The van der Waals surface area contributed by atoms with E-state index in [1.54, 1.807) is 0 Å². The number of aromatic nitrogens is 1. The van der Waals surface area contributed by atoms with E-state index in [2.05, 4.69) is 35.4 Å². The average Bonchev–Trinajstić information content (AvgIpc) is 2.52. The summed E-state index contributed by atoms with van der Waals surface area (Å²) in [6.45, 7) is 2.16. The molecule has 1 N–H and O–H groups in total. The SMILES string of the molecule is CCC(Nc1cnc2ccccc2c1)c1cccc(Cl)c1. The Bertz CT molecular complexity index is 755.